The minimum atomic E-state index is -3.74. The van der Waals surface area contributed by atoms with Crippen LogP contribution in [0.4, 0.5) is 0 Å². The highest BCUT2D eigenvalue weighted by Gasteiger charge is 2.19. The van der Waals surface area contributed by atoms with Gasteiger partial charge in [0, 0.05) is 5.56 Å². The number of halogens is 1. The third-order valence-electron chi connectivity index (χ3n) is 3.89. The van der Waals surface area contributed by atoms with Gasteiger partial charge in [-0.15, -0.1) is 0 Å². The van der Waals surface area contributed by atoms with Crippen LogP contribution in [0.15, 0.2) is 47.4 Å². The van der Waals surface area contributed by atoms with Gasteiger partial charge >= 0.3 is 5.97 Å². The van der Waals surface area contributed by atoms with E-state index in [1.807, 2.05) is 12.1 Å². The minimum absolute atomic E-state index is 0.0337. The molecule has 2 aromatic rings. The number of benzene rings is 2. The predicted molar refractivity (Wildman–Crippen MR) is 103 cm³/mol. The second-order valence-corrected chi connectivity index (χ2v) is 8.09. The highest BCUT2D eigenvalue weighted by Crippen LogP contribution is 2.21. The number of hydrogen-bond acceptors (Lipinski definition) is 5. The molecule has 0 unspecified atom stereocenters. The second kappa shape index (κ2) is 9.12. The van der Waals surface area contributed by atoms with Crippen molar-refractivity contribution in [3.8, 4) is 0 Å². The topological polar surface area (TPSA) is 89.5 Å². The summed E-state index contributed by atoms with van der Waals surface area (Å²) in [4.78, 5) is 24.3. The Labute approximate surface area is 163 Å². The molecule has 144 valence electrons. The summed E-state index contributed by atoms with van der Waals surface area (Å²) in [6.07, 6.45) is 1.93. The Morgan fingerprint density at radius 2 is 1.78 bits per heavy atom. The minimum Gasteiger partial charge on any atom is -0.454 e. The number of ketones is 1. The molecular weight excluding hydrogens is 390 g/mol. The Kier molecular flexibility index (Phi) is 7.12. The summed E-state index contributed by atoms with van der Waals surface area (Å²) in [5, 5.41) is 0.0337. The molecule has 0 spiro atoms. The number of ether oxygens (including phenoxy) is 1. The predicted octanol–water partition coefficient (Wildman–Crippen LogP) is 3.24. The summed E-state index contributed by atoms with van der Waals surface area (Å²) in [6.45, 7) is 1.60. The second-order valence-electron chi connectivity index (χ2n) is 5.80. The quantitative estimate of drug-likeness (QED) is 0.534. The highest BCUT2D eigenvalue weighted by atomic mass is 35.5. The van der Waals surface area contributed by atoms with Gasteiger partial charge in [0.2, 0.25) is 10.0 Å². The summed E-state index contributed by atoms with van der Waals surface area (Å²) in [5.41, 5.74) is 1.43. The average molecular weight is 410 g/mol. The zero-order valence-electron chi connectivity index (χ0n) is 15.0. The van der Waals surface area contributed by atoms with Gasteiger partial charge in [0.1, 0.15) is 0 Å². The Hall–Kier alpha value is -2.22. The maximum Gasteiger partial charge on any atom is 0.340 e. The molecule has 0 aromatic heterocycles. The molecule has 27 heavy (non-hydrogen) atoms. The smallest absolute Gasteiger partial charge is 0.340 e. The molecular formula is C19H20ClNO5S. The Morgan fingerprint density at radius 3 is 2.37 bits per heavy atom. The van der Waals surface area contributed by atoms with Crippen LogP contribution in [-0.2, 0) is 21.2 Å². The number of sulfonamides is 1. The van der Waals surface area contributed by atoms with Gasteiger partial charge in [-0.05, 0) is 37.2 Å². The lowest BCUT2D eigenvalue weighted by molar-refractivity contribution is 0.0474. The molecule has 0 heterocycles. The van der Waals surface area contributed by atoms with E-state index in [0.717, 1.165) is 24.5 Å². The number of carbonyl (C=O) groups excluding carboxylic acids is 2. The van der Waals surface area contributed by atoms with E-state index in [1.165, 1.54) is 19.2 Å². The van der Waals surface area contributed by atoms with Crippen molar-refractivity contribution in [2.75, 3.05) is 13.7 Å². The van der Waals surface area contributed by atoms with Crippen LogP contribution in [-0.4, -0.2) is 33.8 Å². The monoisotopic (exact) mass is 409 g/mol. The van der Waals surface area contributed by atoms with Crippen molar-refractivity contribution in [2.24, 2.45) is 0 Å². The first-order valence-corrected chi connectivity index (χ1v) is 10.2. The van der Waals surface area contributed by atoms with E-state index in [-0.39, 0.29) is 21.3 Å². The lowest BCUT2D eigenvalue weighted by atomic mass is 10.1. The SMILES string of the molecule is CCCc1ccc(C(=O)COC(=O)c2cc(S(=O)(=O)NC)ccc2Cl)cc1. The zero-order valence-corrected chi connectivity index (χ0v) is 16.6. The van der Waals surface area contributed by atoms with Gasteiger partial charge < -0.3 is 4.74 Å². The molecule has 2 aromatic carbocycles. The number of hydrogen-bond donors (Lipinski definition) is 1. The Balaban J connectivity index is 2.09. The van der Waals surface area contributed by atoms with Crippen LogP contribution in [0.1, 0.15) is 39.6 Å². The zero-order chi connectivity index (χ0) is 20.0. The summed E-state index contributed by atoms with van der Waals surface area (Å²) in [7, 11) is -2.48. The Morgan fingerprint density at radius 1 is 1.11 bits per heavy atom. The fourth-order valence-corrected chi connectivity index (χ4v) is 3.33. The highest BCUT2D eigenvalue weighted by molar-refractivity contribution is 7.89. The molecule has 6 nitrogen and oxygen atoms in total. The van der Waals surface area contributed by atoms with Crippen molar-refractivity contribution >= 4 is 33.4 Å². The largest absolute Gasteiger partial charge is 0.454 e. The van der Waals surface area contributed by atoms with E-state index in [4.69, 9.17) is 16.3 Å². The summed E-state index contributed by atoms with van der Waals surface area (Å²) >= 11 is 5.96. The number of nitrogens with one attached hydrogen (secondary N) is 1. The van der Waals surface area contributed by atoms with E-state index in [1.54, 1.807) is 12.1 Å². The fourth-order valence-electron chi connectivity index (χ4n) is 2.38. The van der Waals surface area contributed by atoms with Gasteiger partial charge in [-0.25, -0.2) is 17.9 Å². The molecule has 0 saturated heterocycles. The van der Waals surface area contributed by atoms with Crippen molar-refractivity contribution in [3.05, 3.63) is 64.2 Å². The average Bonchev–Trinajstić information content (AvgIpc) is 2.66. The van der Waals surface area contributed by atoms with Crippen molar-refractivity contribution in [3.63, 3.8) is 0 Å². The molecule has 0 bridgehead atoms. The number of Topliss-reactive ketones (excluding diaryl/α,β-unsaturated/α-hetero) is 1. The summed E-state index contributed by atoms with van der Waals surface area (Å²) in [5.74, 6) is -1.23. The lowest BCUT2D eigenvalue weighted by Gasteiger charge is -2.09. The molecule has 0 saturated carbocycles. The molecule has 1 N–H and O–H groups in total. The van der Waals surface area contributed by atoms with Gasteiger partial charge in [0.25, 0.3) is 0 Å². The maximum absolute atomic E-state index is 12.2. The van der Waals surface area contributed by atoms with Crippen LogP contribution >= 0.6 is 11.6 Å². The normalized spacial score (nSPS) is 11.2. The van der Waals surface area contributed by atoms with E-state index in [9.17, 15) is 18.0 Å². The number of carbonyl (C=O) groups is 2. The van der Waals surface area contributed by atoms with Gasteiger partial charge in [0.15, 0.2) is 12.4 Å². The van der Waals surface area contributed by atoms with E-state index in [2.05, 4.69) is 11.6 Å². The number of aryl methyl sites for hydroxylation is 1. The summed E-state index contributed by atoms with van der Waals surface area (Å²) < 4.78 is 30.9. The van der Waals surface area contributed by atoms with Crippen LogP contribution < -0.4 is 4.72 Å². The van der Waals surface area contributed by atoms with Gasteiger partial charge in [-0.3, -0.25) is 4.79 Å². The van der Waals surface area contributed by atoms with E-state index in [0.29, 0.717) is 5.56 Å². The molecule has 0 fully saturated rings. The fraction of sp³-hybridized carbons (Fsp3) is 0.263. The van der Waals surface area contributed by atoms with Crippen molar-refractivity contribution < 1.29 is 22.7 Å². The number of rotatable bonds is 8. The maximum atomic E-state index is 12.2. The van der Waals surface area contributed by atoms with Gasteiger partial charge in [-0.1, -0.05) is 49.2 Å². The van der Waals surface area contributed by atoms with Crippen LogP contribution in [0.2, 0.25) is 5.02 Å². The van der Waals surface area contributed by atoms with Crippen molar-refractivity contribution in [1.82, 2.24) is 4.72 Å². The molecule has 0 amide bonds. The molecule has 2 rings (SSSR count). The van der Waals surface area contributed by atoms with Gasteiger partial charge in [-0.2, -0.15) is 0 Å². The lowest BCUT2D eigenvalue weighted by Crippen LogP contribution is -2.20. The molecule has 8 heteroatoms. The standard InChI is InChI=1S/C19H20ClNO5S/c1-3-4-13-5-7-14(8-6-13)18(22)12-26-19(23)16-11-15(9-10-17(16)20)27(24,25)21-2/h5-11,21H,3-4,12H2,1-2H3. The van der Waals surface area contributed by atoms with E-state index >= 15 is 0 Å². The molecule has 0 atom stereocenters. The number of esters is 1. The van der Waals surface area contributed by atoms with Crippen LogP contribution in [0, 0.1) is 0 Å². The first-order valence-electron chi connectivity index (χ1n) is 8.31. The van der Waals surface area contributed by atoms with Crippen LogP contribution in [0.5, 0.6) is 0 Å². The van der Waals surface area contributed by atoms with Crippen LogP contribution in [0.3, 0.4) is 0 Å². The molecule has 0 aliphatic carbocycles. The van der Waals surface area contributed by atoms with E-state index < -0.39 is 22.6 Å². The molecule has 0 radical (unpaired) electrons. The first-order chi connectivity index (χ1) is 12.8. The molecule has 0 aliphatic rings. The third-order valence-corrected chi connectivity index (χ3v) is 5.63. The van der Waals surface area contributed by atoms with Gasteiger partial charge in [0.05, 0.1) is 15.5 Å². The molecule has 0 aliphatic heterocycles. The summed E-state index contributed by atoms with van der Waals surface area (Å²) in [6, 6.07) is 10.8. The first kappa shape index (κ1) is 21.1. The van der Waals surface area contributed by atoms with Crippen molar-refractivity contribution in [2.45, 2.75) is 24.7 Å². The van der Waals surface area contributed by atoms with Crippen molar-refractivity contribution in [1.29, 1.82) is 0 Å². The Bertz CT molecular complexity index is 939. The third kappa shape index (κ3) is 5.38. The van der Waals surface area contributed by atoms with Crippen LogP contribution in [0.25, 0.3) is 0 Å².